The summed E-state index contributed by atoms with van der Waals surface area (Å²) in [5.41, 5.74) is 1.64. The van der Waals surface area contributed by atoms with E-state index in [0.717, 1.165) is 5.56 Å². The smallest absolute Gasteiger partial charge is 0.335 e. The third kappa shape index (κ3) is 3.32. The largest absolute Gasteiger partial charge is 0.478 e. The van der Waals surface area contributed by atoms with Crippen molar-refractivity contribution < 1.29 is 14.7 Å². The minimum Gasteiger partial charge on any atom is -0.478 e. The van der Waals surface area contributed by atoms with E-state index in [1.807, 2.05) is 20.8 Å². The number of hydrogen-bond donors (Lipinski definition) is 2. The summed E-state index contributed by atoms with van der Waals surface area (Å²) in [5.74, 6) is -0.824. The van der Waals surface area contributed by atoms with Gasteiger partial charge in [-0.25, -0.2) is 4.79 Å². The molecule has 0 heterocycles. The maximum atomic E-state index is 11.9. The molecule has 0 aliphatic heterocycles. The zero-order valence-electron chi connectivity index (χ0n) is 11.2. The number of nitrogens with one attached hydrogen (secondary N) is 1. The van der Waals surface area contributed by atoms with E-state index in [-0.39, 0.29) is 23.3 Å². The molecule has 1 atom stereocenters. The van der Waals surface area contributed by atoms with E-state index >= 15 is 0 Å². The SMILES string of the molecule is Cc1cc(C(=O)O)ccc1NC(=O)C(C)C(C)C. The van der Waals surface area contributed by atoms with Crippen LogP contribution in [0.4, 0.5) is 5.69 Å². The summed E-state index contributed by atoms with van der Waals surface area (Å²) in [6.45, 7) is 7.64. The van der Waals surface area contributed by atoms with Crippen LogP contribution in [0.15, 0.2) is 18.2 Å². The first-order valence-corrected chi connectivity index (χ1v) is 5.97. The van der Waals surface area contributed by atoms with Crippen molar-refractivity contribution in [3.05, 3.63) is 29.3 Å². The molecule has 0 aliphatic rings. The van der Waals surface area contributed by atoms with Gasteiger partial charge in [-0.1, -0.05) is 20.8 Å². The minimum atomic E-state index is -0.966. The summed E-state index contributed by atoms with van der Waals surface area (Å²) >= 11 is 0. The van der Waals surface area contributed by atoms with Gasteiger partial charge in [0.25, 0.3) is 0 Å². The van der Waals surface area contributed by atoms with Crippen LogP contribution in [0.5, 0.6) is 0 Å². The maximum absolute atomic E-state index is 11.9. The number of carbonyl (C=O) groups is 2. The van der Waals surface area contributed by atoms with Gasteiger partial charge in [-0.3, -0.25) is 4.79 Å². The summed E-state index contributed by atoms with van der Waals surface area (Å²) in [6, 6.07) is 4.67. The Morgan fingerprint density at radius 3 is 2.28 bits per heavy atom. The molecule has 18 heavy (non-hydrogen) atoms. The van der Waals surface area contributed by atoms with Crippen LogP contribution in [0.1, 0.15) is 36.7 Å². The summed E-state index contributed by atoms with van der Waals surface area (Å²) in [7, 11) is 0. The zero-order valence-corrected chi connectivity index (χ0v) is 11.2. The quantitative estimate of drug-likeness (QED) is 0.862. The number of carboxylic acids is 1. The third-order valence-corrected chi connectivity index (χ3v) is 3.14. The molecule has 0 bridgehead atoms. The first-order valence-electron chi connectivity index (χ1n) is 5.97. The van der Waals surface area contributed by atoms with Gasteiger partial charge >= 0.3 is 5.97 Å². The maximum Gasteiger partial charge on any atom is 0.335 e. The van der Waals surface area contributed by atoms with Crippen LogP contribution >= 0.6 is 0 Å². The van der Waals surface area contributed by atoms with Crippen molar-refractivity contribution in [2.45, 2.75) is 27.7 Å². The fourth-order valence-electron chi connectivity index (χ4n) is 1.49. The van der Waals surface area contributed by atoms with Crippen LogP contribution in [0, 0.1) is 18.8 Å². The lowest BCUT2D eigenvalue weighted by Gasteiger charge is -2.16. The van der Waals surface area contributed by atoms with Crippen molar-refractivity contribution in [2.24, 2.45) is 11.8 Å². The predicted octanol–water partition coefficient (Wildman–Crippen LogP) is 2.92. The van der Waals surface area contributed by atoms with Gasteiger partial charge in [0.1, 0.15) is 0 Å². The first-order chi connectivity index (χ1) is 8.32. The molecule has 0 fully saturated rings. The van der Waals surface area contributed by atoms with Gasteiger partial charge in [0.2, 0.25) is 5.91 Å². The third-order valence-electron chi connectivity index (χ3n) is 3.14. The van der Waals surface area contributed by atoms with Crippen LogP contribution < -0.4 is 5.32 Å². The standard InChI is InChI=1S/C14H19NO3/c1-8(2)10(4)13(16)15-12-6-5-11(14(17)18)7-9(12)3/h5-8,10H,1-4H3,(H,15,16)(H,17,18). The first kappa shape index (κ1) is 14.2. The molecular formula is C14H19NO3. The van der Waals surface area contributed by atoms with Crippen LogP contribution in [0.25, 0.3) is 0 Å². The molecule has 98 valence electrons. The second-order valence-electron chi connectivity index (χ2n) is 4.86. The number of aromatic carboxylic acids is 1. The molecule has 0 aliphatic carbocycles. The van der Waals surface area contributed by atoms with Gasteiger partial charge < -0.3 is 10.4 Å². The zero-order chi connectivity index (χ0) is 13.9. The number of hydrogen-bond acceptors (Lipinski definition) is 2. The highest BCUT2D eigenvalue weighted by atomic mass is 16.4. The molecule has 2 N–H and O–H groups in total. The number of anilines is 1. The van der Waals surface area contributed by atoms with Crippen LogP contribution in [-0.2, 0) is 4.79 Å². The van der Waals surface area contributed by atoms with E-state index in [2.05, 4.69) is 5.32 Å². The van der Waals surface area contributed by atoms with Crippen molar-refractivity contribution in [1.29, 1.82) is 0 Å². The van der Waals surface area contributed by atoms with Crippen LogP contribution in [-0.4, -0.2) is 17.0 Å². The second kappa shape index (κ2) is 5.67. The highest BCUT2D eigenvalue weighted by Crippen LogP contribution is 2.19. The van der Waals surface area contributed by atoms with Gasteiger partial charge in [0, 0.05) is 11.6 Å². The van der Waals surface area contributed by atoms with Gasteiger partial charge in [0.15, 0.2) is 0 Å². The van der Waals surface area contributed by atoms with E-state index in [1.165, 1.54) is 6.07 Å². The monoisotopic (exact) mass is 249 g/mol. The molecule has 0 radical (unpaired) electrons. The molecule has 1 amide bonds. The molecule has 4 heteroatoms. The molecule has 0 saturated heterocycles. The fraction of sp³-hybridized carbons (Fsp3) is 0.429. The Hall–Kier alpha value is -1.84. The van der Waals surface area contributed by atoms with E-state index in [0.29, 0.717) is 5.69 Å². The van der Waals surface area contributed by atoms with Crippen molar-refractivity contribution in [2.75, 3.05) is 5.32 Å². The lowest BCUT2D eigenvalue weighted by molar-refractivity contribution is -0.120. The molecule has 0 saturated carbocycles. The molecule has 1 unspecified atom stereocenters. The highest BCUT2D eigenvalue weighted by Gasteiger charge is 2.17. The van der Waals surface area contributed by atoms with Gasteiger partial charge in [-0.2, -0.15) is 0 Å². The van der Waals surface area contributed by atoms with Crippen molar-refractivity contribution >= 4 is 17.6 Å². The highest BCUT2D eigenvalue weighted by molar-refractivity contribution is 5.94. The average Bonchev–Trinajstić information content (AvgIpc) is 2.30. The predicted molar refractivity (Wildman–Crippen MR) is 70.8 cm³/mol. The number of amides is 1. The lowest BCUT2D eigenvalue weighted by Crippen LogP contribution is -2.24. The summed E-state index contributed by atoms with van der Waals surface area (Å²) < 4.78 is 0. The molecule has 0 aromatic heterocycles. The number of carbonyl (C=O) groups excluding carboxylic acids is 1. The average molecular weight is 249 g/mol. The van der Waals surface area contributed by atoms with E-state index in [4.69, 9.17) is 5.11 Å². The number of aryl methyl sites for hydroxylation is 1. The second-order valence-corrected chi connectivity index (χ2v) is 4.86. The Balaban J connectivity index is 2.86. The Morgan fingerprint density at radius 1 is 1.22 bits per heavy atom. The molecule has 4 nitrogen and oxygen atoms in total. The number of benzene rings is 1. The van der Waals surface area contributed by atoms with Gasteiger partial charge in [-0.05, 0) is 36.6 Å². The van der Waals surface area contributed by atoms with Crippen molar-refractivity contribution in [1.82, 2.24) is 0 Å². The van der Waals surface area contributed by atoms with E-state index in [9.17, 15) is 9.59 Å². The molecule has 1 rings (SSSR count). The van der Waals surface area contributed by atoms with Gasteiger partial charge in [-0.15, -0.1) is 0 Å². The Kier molecular flexibility index (Phi) is 4.48. The molecular weight excluding hydrogens is 230 g/mol. The summed E-state index contributed by atoms with van der Waals surface area (Å²) in [4.78, 5) is 22.7. The topological polar surface area (TPSA) is 66.4 Å². The summed E-state index contributed by atoms with van der Waals surface area (Å²) in [5, 5.41) is 11.7. The van der Waals surface area contributed by atoms with Crippen LogP contribution in [0.3, 0.4) is 0 Å². The van der Waals surface area contributed by atoms with Crippen molar-refractivity contribution in [3.8, 4) is 0 Å². The minimum absolute atomic E-state index is 0.0452. The Bertz CT molecular complexity index is 466. The fourth-order valence-corrected chi connectivity index (χ4v) is 1.49. The number of carboxylic acid groups (broad SMARTS) is 1. The Labute approximate surface area is 107 Å². The molecule has 1 aromatic rings. The van der Waals surface area contributed by atoms with Crippen molar-refractivity contribution in [3.63, 3.8) is 0 Å². The van der Waals surface area contributed by atoms with E-state index in [1.54, 1.807) is 19.1 Å². The molecule has 1 aromatic carbocycles. The number of rotatable bonds is 4. The Morgan fingerprint density at radius 2 is 1.83 bits per heavy atom. The van der Waals surface area contributed by atoms with E-state index < -0.39 is 5.97 Å². The summed E-state index contributed by atoms with van der Waals surface area (Å²) in [6.07, 6.45) is 0. The van der Waals surface area contributed by atoms with Crippen LogP contribution in [0.2, 0.25) is 0 Å². The van der Waals surface area contributed by atoms with Gasteiger partial charge in [0.05, 0.1) is 5.56 Å². The lowest BCUT2D eigenvalue weighted by atomic mass is 9.97. The normalized spacial score (nSPS) is 12.3. The molecule has 0 spiro atoms.